The van der Waals surface area contributed by atoms with Crippen molar-refractivity contribution in [1.29, 1.82) is 0 Å². The smallest absolute Gasteiger partial charge is 0.129 e. The first kappa shape index (κ1) is 12.4. The Kier molecular flexibility index (Phi) is 3.38. The van der Waals surface area contributed by atoms with Crippen LogP contribution in [0.2, 0.25) is 5.15 Å². The summed E-state index contributed by atoms with van der Waals surface area (Å²) in [7, 11) is 0. The average Bonchev–Trinajstić information content (AvgIpc) is 2.42. The van der Waals surface area contributed by atoms with E-state index in [0.717, 1.165) is 24.2 Å². The van der Waals surface area contributed by atoms with Gasteiger partial charge < -0.3 is 5.32 Å². The Labute approximate surface area is 118 Å². The van der Waals surface area contributed by atoms with Gasteiger partial charge in [-0.05, 0) is 49.9 Å². The second-order valence-electron chi connectivity index (χ2n) is 4.90. The summed E-state index contributed by atoms with van der Waals surface area (Å²) >= 11 is 5.89. The van der Waals surface area contributed by atoms with E-state index in [1.54, 1.807) is 0 Å². The number of hydrogen-bond acceptors (Lipinski definition) is 3. The van der Waals surface area contributed by atoms with Crippen molar-refractivity contribution >= 4 is 17.3 Å². The van der Waals surface area contributed by atoms with Gasteiger partial charge in [-0.2, -0.15) is 0 Å². The lowest BCUT2D eigenvalue weighted by Gasteiger charge is -2.26. The minimum Gasteiger partial charge on any atom is -0.375 e. The largest absolute Gasteiger partial charge is 0.375 e. The molecule has 0 saturated heterocycles. The van der Waals surface area contributed by atoms with Gasteiger partial charge in [-0.3, -0.25) is 4.98 Å². The van der Waals surface area contributed by atoms with E-state index in [9.17, 15) is 0 Å². The number of halogens is 1. The summed E-state index contributed by atoms with van der Waals surface area (Å²) in [4.78, 5) is 8.81. The van der Waals surface area contributed by atoms with Crippen molar-refractivity contribution in [3.63, 3.8) is 0 Å². The van der Waals surface area contributed by atoms with E-state index >= 15 is 0 Å². The van der Waals surface area contributed by atoms with Gasteiger partial charge in [0.05, 0.1) is 23.1 Å². The molecular formula is C15H16ClN3. The molecule has 0 bridgehead atoms. The molecule has 4 heteroatoms. The lowest BCUT2D eigenvalue weighted by Crippen LogP contribution is -2.19. The molecule has 1 aliphatic rings. The lowest BCUT2D eigenvalue weighted by molar-refractivity contribution is 0.583. The molecule has 1 N–H and O–H groups in total. The number of nitrogens with zero attached hydrogens (tertiary/aromatic N) is 2. The maximum absolute atomic E-state index is 5.89. The van der Waals surface area contributed by atoms with Gasteiger partial charge in [-0.25, -0.2) is 4.98 Å². The molecular weight excluding hydrogens is 258 g/mol. The lowest BCUT2D eigenvalue weighted by atomic mass is 9.92. The topological polar surface area (TPSA) is 37.8 Å². The van der Waals surface area contributed by atoms with Crippen molar-refractivity contribution in [1.82, 2.24) is 9.97 Å². The van der Waals surface area contributed by atoms with E-state index in [0.29, 0.717) is 5.15 Å². The summed E-state index contributed by atoms with van der Waals surface area (Å²) in [5.74, 6) is 0. The normalized spacial score (nSPS) is 17.9. The van der Waals surface area contributed by atoms with Crippen molar-refractivity contribution in [2.75, 3.05) is 5.32 Å². The molecule has 0 fully saturated rings. The van der Waals surface area contributed by atoms with Crippen LogP contribution in [0.1, 0.15) is 35.8 Å². The first-order chi connectivity index (χ1) is 9.24. The highest BCUT2D eigenvalue weighted by molar-refractivity contribution is 6.29. The molecule has 3 nitrogen and oxygen atoms in total. The fourth-order valence-corrected chi connectivity index (χ4v) is 2.81. The monoisotopic (exact) mass is 273 g/mol. The SMILES string of the molecule is Cc1nc(Cl)ccc1NC1CCCc2cccnc21. The Morgan fingerprint density at radius 1 is 1.32 bits per heavy atom. The molecule has 2 aromatic rings. The molecule has 0 aromatic carbocycles. The van der Waals surface area contributed by atoms with Crippen molar-refractivity contribution in [3.05, 3.63) is 52.6 Å². The molecule has 19 heavy (non-hydrogen) atoms. The third kappa shape index (κ3) is 2.56. The zero-order valence-corrected chi connectivity index (χ0v) is 11.6. The Morgan fingerprint density at radius 2 is 2.21 bits per heavy atom. The summed E-state index contributed by atoms with van der Waals surface area (Å²) < 4.78 is 0. The number of pyridine rings is 2. The molecule has 1 atom stereocenters. The van der Waals surface area contributed by atoms with Gasteiger partial charge >= 0.3 is 0 Å². The maximum Gasteiger partial charge on any atom is 0.129 e. The predicted octanol–water partition coefficient (Wildman–Crippen LogP) is 3.93. The summed E-state index contributed by atoms with van der Waals surface area (Å²) in [5, 5.41) is 4.08. The number of fused-ring (bicyclic) bond motifs is 1. The molecule has 2 aromatic heterocycles. The quantitative estimate of drug-likeness (QED) is 0.843. The van der Waals surface area contributed by atoms with Crippen LogP contribution >= 0.6 is 11.6 Å². The number of nitrogens with one attached hydrogen (secondary N) is 1. The van der Waals surface area contributed by atoms with Crippen LogP contribution < -0.4 is 5.32 Å². The van der Waals surface area contributed by atoms with Crippen molar-refractivity contribution in [3.8, 4) is 0 Å². The minimum absolute atomic E-state index is 0.270. The second kappa shape index (κ2) is 5.17. The minimum atomic E-state index is 0.270. The Hall–Kier alpha value is -1.61. The maximum atomic E-state index is 5.89. The standard InChI is InChI=1S/C15H16ClN3/c1-10-12(7-8-14(16)18-10)19-13-6-2-4-11-5-3-9-17-15(11)13/h3,5,7-9,13,19H,2,4,6H2,1H3. The summed E-state index contributed by atoms with van der Waals surface area (Å²) in [6.45, 7) is 1.97. The van der Waals surface area contributed by atoms with Gasteiger partial charge in [0.2, 0.25) is 0 Å². The van der Waals surface area contributed by atoms with Gasteiger partial charge in [0.25, 0.3) is 0 Å². The molecule has 0 radical (unpaired) electrons. The number of aryl methyl sites for hydroxylation is 2. The Morgan fingerprint density at radius 3 is 3.05 bits per heavy atom. The van der Waals surface area contributed by atoms with Crippen LogP contribution in [0, 0.1) is 6.92 Å². The van der Waals surface area contributed by atoms with E-state index < -0.39 is 0 Å². The molecule has 0 spiro atoms. The van der Waals surface area contributed by atoms with E-state index in [-0.39, 0.29) is 6.04 Å². The number of hydrogen-bond donors (Lipinski definition) is 1. The van der Waals surface area contributed by atoms with Gasteiger partial charge in [-0.15, -0.1) is 0 Å². The number of rotatable bonds is 2. The fraction of sp³-hybridized carbons (Fsp3) is 0.333. The highest BCUT2D eigenvalue weighted by Crippen LogP contribution is 2.31. The third-order valence-corrected chi connectivity index (χ3v) is 3.79. The number of anilines is 1. The molecule has 0 amide bonds. The third-order valence-electron chi connectivity index (χ3n) is 3.58. The highest BCUT2D eigenvalue weighted by atomic mass is 35.5. The molecule has 1 aliphatic carbocycles. The van der Waals surface area contributed by atoms with E-state index in [2.05, 4.69) is 21.4 Å². The zero-order valence-electron chi connectivity index (χ0n) is 10.9. The van der Waals surface area contributed by atoms with Crippen LogP contribution in [0.4, 0.5) is 5.69 Å². The van der Waals surface area contributed by atoms with Crippen molar-refractivity contribution < 1.29 is 0 Å². The highest BCUT2D eigenvalue weighted by Gasteiger charge is 2.21. The first-order valence-corrected chi connectivity index (χ1v) is 6.95. The Bertz CT molecular complexity index is 598. The zero-order chi connectivity index (χ0) is 13.2. The van der Waals surface area contributed by atoms with Crippen LogP contribution in [-0.4, -0.2) is 9.97 Å². The van der Waals surface area contributed by atoms with Gasteiger partial charge in [0.15, 0.2) is 0 Å². The molecule has 1 unspecified atom stereocenters. The summed E-state index contributed by atoms with van der Waals surface area (Å²) in [5.41, 5.74) is 4.48. The van der Waals surface area contributed by atoms with E-state index in [1.807, 2.05) is 31.3 Å². The fourth-order valence-electron chi connectivity index (χ4n) is 2.62. The first-order valence-electron chi connectivity index (χ1n) is 6.57. The van der Waals surface area contributed by atoms with Gasteiger partial charge in [0, 0.05) is 6.20 Å². The van der Waals surface area contributed by atoms with E-state index in [1.165, 1.54) is 17.7 Å². The van der Waals surface area contributed by atoms with Crippen LogP contribution in [-0.2, 0) is 6.42 Å². The van der Waals surface area contributed by atoms with Gasteiger partial charge in [-0.1, -0.05) is 17.7 Å². The molecule has 2 heterocycles. The average molecular weight is 274 g/mol. The number of aromatic nitrogens is 2. The second-order valence-corrected chi connectivity index (χ2v) is 5.29. The Balaban J connectivity index is 1.88. The molecule has 3 rings (SSSR count). The van der Waals surface area contributed by atoms with Crippen LogP contribution in [0.25, 0.3) is 0 Å². The summed E-state index contributed by atoms with van der Waals surface area (Å²) in [6.07, 6.45) is 5.29. The van der Waals surface area contributed by atoms with Crippen LogP contribution in [0.15, 0.2) is 30.5 Å². The van der Waals surface area contributed by atoms with Crippen LogP contribution in [0.3, 0.4) is 0 Å². The molecule has 98 valence electrons. The van der Waals surface area contributed by atoms with Crippen LogP contribution in [0.5, 0.6) is 0 Å². The predicted molar refractivity (Wildman–Crippen MR) is 77.5 cm³/mol. The van der Waals surface area contributed by atoms with Gasteiger partial charge in [0.1, 0.15) is 5.15 Å². The molecule has 0 saturated carbocycles. The molecule has 0 aliphatic heterocycles. The van der Waals surface area contributed by atoms with Crippen molar-refractivity contribution in [2.45, 2.75) is 32.2 Å². The summed E-state index contributed by atoms with van der Waals surface area (Å²) in [6, 6.07) is 8.26. The van der Waals surface area contributed by atoms with Crippen molar-refractivity contribution in [2.24, 2.45) is 0 Å². The van der Waals surface area contributed by atoms with E-state index in [4.69, 9.17) is 11.6 Å².